The standard InChI is InChI=1S/C16H22N2O4/c1-16(2,18-9-8-13(18)19)15(20)17-10-11-6-5-7-12(21-3)14(11)22-4/h5-7H,8-10H2,1-4H3,(H,17,20). The normalized spacial score (nSPS) is 14.4. The van der Waals surface area contributed by atoms with Crippen molar-refractivity contribution in [1.82, 2.24) is 10.2 Å². The molecule has 0 bridgehead atoms. The lowest BCUT2D eigenvalue weighted by molar-refractivity contribution is -0.154. The van der Waals surface area contributed by atoms with Gasteiger partial charge in [0, 0.05) is 25.1 Å². The van der Waals surface area contributed by atoms with Gasteiger partial charge < -0.3 is 19.7 Å². The van der Waals surface area contributed by atoms with Gasteiger partial charge in [-0.05, 0) is 19.9 Å². The quantitative estimate of drug-likeness (QED) is 0.805. The zero-order chi connectivity index (χ0) is 16.3. The Hall–Kier alpha value is -2.24. The summed E-state index contributed by atoms with van der Waals surface area (Å²) >= 11 is 0. The van der Waals surface area contributed by atoms with Crippen LogP contribution in [-0.2, 0) is 16.1 Å². The summed E-state index contributed by atoms with van der Waals surface area (Å²) < 4.78 is 10.6. The number of carbonyl (C=O) groups excluding carboxylic acids is 2. The third kappa shape index (κ3) is 2.86. The van der Waals surface area contributed by atoms with Crippen molar-refractivity contribution in [3.8, 4) is 11.5 Å². The highest BCUT2D eigenvalue weighted by Gasteiger charge is 2.42. The summed E-state index contributed by atoms with van der Waals surface area (Å²) in [6, 6.07) is 5.50. The molecule has 0 aliphatic carbocycles. The summed E-state index contributed by atoms with van der Waals surface area (Å²) in [5.74, 6) is 1.04. The average Bonchev–Trinajstić information content (AvgIpc) is 2.49. The highest BCUT2D eigenvalue weighted by Crippen LogP contribution is 2.30. The highest BCUT2D eigenvalue weighted by molar-refractivity contribution is 5.93. The van der Waals surface area contributed by atoms with E-state index < -0.39 is 5.54 Å². The second-order valence-electron chi connectivity index (χ2n) is 5.69. The molecule has 2 amide bonds. The molecule has 0 unspecified atom stereocenters. The first kappa shape index (κ1) is 16.1. The first-order valence-corrected chi connectivity index (χ1v) is 7.20. The Morgan fingerprint density at radius 1 is 1.32 bits per heavy atom. The molecule has 0 aromatic heterocycles. The lowest BCUT2D eigenvalue weighted by Crippen LogP contribution is -2.62. The number of amides is 2. The van der Waals surface area contributed by atoms with E-state index in [-0.39, 0.29) is 11.8 Å². The number of nitrogens with one attached hydrogen (secondary N) is 1. The summed E-state index contributed by atoms with van der Waals surface area (Å²) in [7, 11) is 3.13. The number of nitrogens with zero attached hydrogens (tertiary/aromatic N) is 1. The summed E-state index contributed by atoms with van der Waals surface area (Å²) in [6.45, 7) is 4.44. The molecule has 1 saturated heterocycles. The minimum atomic E-state index is -0.846. The Morgan fingerprint density at radius 2 is 2.05 bits per heavy atom. The number of β-lactam (4-membered cyclic amide) rings is 1. The number of rotatable bonds is 6. The molecule has 1 N–H and O–H groups in total. The van der Waals surface area contributed by atoms with E-state index in [0.717, 1.165) is 5.56 Å². The van der Waals surface area contributed by atoms with E-state index in [1.54, 1.807) is 39.0 Å². The molecule has 2 rings (SSSR count). The molecule has 6 nitrogen and oxygen atoms in total. The number of hydrogen-bond acceptors (Lipinski definition) is 4. The highest BCUT2D eigenvalue weighted by atomic mass is 16.5. The Bertz CT molecular complexity index is 584. The number of ether oxygens (including phenoxy) is 2. The molecule has 0 spiro atoms. The van der Waals surface area contributed by atoms with Crippen molar-refractivity contribution in [2.45, 2.75) is 32.4 Å². The molecule has 0 atom stereocenters. The van der Waals surface area contributed by atoms with E-state index in [2.05, 4.69) is 5.32 Å². The van der Waals surface area contributed by atoms with Crippen LogP contribution in [0.25, 0.3) is 0 Å². The van der Waals surface area contributed by atoms with Crippen LogP contribution in [0, 0.1) is 0 Å². The van der Waals surface area contributed by atoms with Gasteiger partial charge in [0.15, 0.2) is 11.5 Å². The van der Waals surface area contributed by atoms with Gasteiger partial charge in [0.05, 0.1) is 14.2 Å². The molecule has 1 aromatic carbocycles. The van der Waals surface area contributed by atoms with Gasteiger partial charge in [-0.25, -0.2) is 0 Å². The number of methoxy groups -OCH3 is 2. The van der Waals surface area contributed by atoms with Crippen LogP contribution in [0.3, 0.4) is 0 Å². The molecule has 1 aromatic rings. The monoisotopic (exact) mass is 306 g/mol. The predicted octanol–water partition coefficient (Wildman–Crippen LogP) is 1.33. The van der Waals surface area contributed by atoms with Crippen LogP contribution >= 0.6 is 0 Å². The van der Waals surface area contributed by atoms with E-state index in [1.807, 2.05) is 12.1 Å². The smallest absolute Gasteiger partial charge is 0.245 e. The minimum Gasteiger partial charge on any atom is -0.493 e. The fourth-order valence-electron chi connectivity index (χ4n) is 2.51. The average molecular weight is 306 g/mol. The zero-order valence-electron chi connectivity index (χ0n) is 13.4. The van der Waals surface area contributed by atoms with E-state index in [9.17, 15) is 9.59 Å². The summed E-state index contributed by atoms with van der Waals surface area (Å²) in [4.78, 5) is 25.5. The first-order chi connectivity index (χ1) is 10.4. The molecule has 0 saturated carbocycles. The van der Waals surface area contributed by atoms with Crippen LogP contribution in [0.2, 0.25) is 0 Å². The maximum Gasteiger partial charge on any atom is 0.245 e. The van der Waals surface area contributed by atoms with Gasteiger partial charge in [-0.2, -0.15) is 0 Å². The predicted molar refractivity (Wildman–Crippen MR) is 81.8 cm³/mol. The van der Waals surface area contributed by atoms with Crippen molar-refractivity contribution in [2.24, 2.45) is 0 Å². The first-order valence-electron chi connectivity index (χ1n) is 7.20. The largest absolute Gasteiger partial charge is 0.493 e. The molecule has 1 aliphatic heterocycles. The van der Waals surface area contributed by atoms with Gasteiger partial charge in [0.1, 0.15) is 5.54 Å². The van der Waals surface area contributed by atoms with Crippen molar-refractivity contribution < 1.29 is 19.1 Å². The zero-order valence-corrected chi connectivity index (χ0v) is 13.4. The molecular weight excluding hydrogens is 284 g/mol. The van der Waals surface area contributed by atoms with Crippen molar-refractivity contribution in [3.05, 3.63) is 23.8 Å². The van der Waals surface area contributed by atoms with Crippen LogP contribution in [0.15, 0.2) is 18.2 Å². The van der Waals surface area contributed by atoms with E-state index in [0.29, 0.717) is 31.0 Å². The molecule has 1 aliphatic rings. The van der Waals surface area contributed by atoms with E-state index in [4.69, 9.17) is 9.47 Å². The Morgan fingerprint density at radius 3 is 2.55 bits per heavy atom. The molecule has 1 fully saturated rings. The fraction of sp³-hybridized carbons (Fsp3) is 0.500. The Labute approximate surface area is 130 Å². The van der Waals surface area contributed by atoms with Gasteiger partial charge in [-0.3, -0.25) is 9.59 Å². The molecule has 6 heteroatoms. The van der Waals surface area contributed by atoms with Gasteiger partial charge in [0.2, 0.25) is 11.8 Å². The van der Waals surface area contributed by atoms with Gasteiger partial charge in [-0.15, -0.1) is 0 Å². The van der Waals surface area contributed by atoms with Crippen LogP contribution in [0.4, 0.5) is 0 Å². The maximum absolute atomic E-state index is 12.4. The lowest BCUT2D eigenvalue weighted by Gasteiger charge is -2.43. The van der Waals surface area contributed by atoms with Gasteiger partial charge >= 0.3 is 0 Å². The minimum absolute atomic E-state index is 0.0131. The van der Waals surface area contributed by atoms with E-state index >= 15 is 0 Å². The fourth-order valence-corrected chi connectivity index (χ4v) is 2.51. The SMILES string of the molecule is COc1cccc(CNC(=O)C(C)(C)N2CCC2=O)c1OC. The van der Waals surface area contributed by atoms with Crippen molar-refractivity contribution in [3.63, 3.8) is 0 Å². The molecule has 0 radical (unpaired) electrons. The second-order valence-corrected chi connectivity index (χ2v) is 5.69. The van der Waals surface area contributed by atoms with E-state index in [1.165, 1.54) is 0 Å². The number of benzene rings is 1. The van der Waals surface area contributed by atoms with Crippen LogP contribution < -0.4 is 14.8 Å². The number of para-hydroxylation sites is 1. The number of carbonyl (C=O) groups is 2. The van der Waals surface area contributed by atoms with Crippen LogP contribution in [0.1, 0.15) is 25.8 Å². The second kappa shape index (κ2) is 6.25. The topological polar surface area (TPSA) is 67.9 Å². The number of likely N-dealkylation sites (tertiary alicyclic amines) is 1. The summed E-state index contributed by atoms with van der Waals surface area (Å²) in [5.41, 5.74) is -0.0255. The van der Waals surface area contributed by atoms with Crippen molar-refractivity contribution in [1.29, 1.82) is 0 Å². The van der Waals surface area contributed by atoms with Crippen molar-refractivity contribution in [2.75, 3.05) is 20.8 Å². The molecule has 120 valence electrons. The summed E-state index contributed by atoms with van der Waals surface area (Å²) in [5, 5.41) is 2.87. The van der Waals surface area contributed by atoms with Crippen LogP contribution in [0.5, 0.6) is 11.5 Å². The molecule has 22 heavy (non-hydrogen) atoms. The summed E-state index contributed by atoms with van der Waals surface area (Å²) in [6.07, 6.45) is 0.514. The van der Waals surface area contributed by atoms with Crippen LogP contribution in [-0.4, -0.2) is 43.0 Å². The Kier molecular flexibility index (Phi) is 4.59. The molecular formula is C16H22N2O4. The Balaban J connectivity index is 2.07. The van der Waals surface area contributed by atoms with Crippen molar-refractivity contribution >= 4 is 11.8 Å². The lowest BCUT2D eigenvalue weighted by atomic mass is 9.96. The van der Waals surface area contributed by atoms with Gasteiger partial charge in [-0.1, -0.05) is 12.1 Å². The van der Waals surface area contributed by atoms with Gasteiger partial charge in [0.25, 0.3) is 0 Å². The number of hydrogen-bond donors (Lipinski definition) is 1. The maximum atomic E-state index is 12.4. The third-order valence-electron chi connectivity index (χ3n) is 4.00. The molecule has 1 heterocycles. The third-order valence-corrected chi connectivity index (χ3v) is 4.00.